The molecule has 0 radical (unpaired) electrons. The van der Waals surface area contributed by atoms with Crippen LogP contribution in [0.3, 0.4) is 0 Å². The third-order valence-electron chi connectivity index (χ3n) is 7.28. The quantitative estimate of drug-likeness (QED) is 0.376. The summed E-state index contributed by atoms with van der Waals surface area (Å²) in [6, 6.07) is 12.9. The molecule has 1 unspecified atom stereocenters. The summed E-state index contributed by atoms with van der Waals surface area (Å²) in [4.78, 5) is 24.5. The Morgan fingerprint density at radius 3 is 2.39 bits per heavy atom. The highest BCUT2D eigenvalue weighted by molar-refractivity contribution is 7.92. The van der Waals surface area contributed by atoms with Crippen LogP contribution >= 0.6 is 0 Å². The summed E-state index contributed by atoms with van der Waals surface area (Å²) in [6.45, 7) is 1.38. The zero-order chi connectivity index (χ0) is 26.9. The van der Waals surface area contributed by atoms with E-state index in [-0.39, 0.29) is 34.0 Å². The minimum absolute atomic E-state index is 0.0419. The summed E-state index contributed by atoms with van der Waals surface area (Å²) < 4.78 is 34.5. The minimum Gasteiger partial charge on any atom is -0.507 e. The second-order valence-electron chi connectivity index (χ2n) is 10.2. The zero-order valence-corrected chi connectivity index (χ0v) is 22.1. The van der Waals surface area contributed by atoms with E-state index >= 15 is 0 Å². The fourth-order valence-corrected chi connectivity index (χ4v) is 6.38. The van der Waals surface area contributed by atoms with Crippen LogP contribution in [0, 0.1) is 5.92 Å². The maximum atomic E-state index is 13.2. The van der Waals surface area contributed by atoms with Gasteiger partial charge in [0.1, 0.15) is 11.5 Å². The van der Waals surface area contributed by atoms with E-state index in [4.69, 9.17) is 4.42 Å². The van der Waals surface area contributed by atoms with Crippen molar-refractivity contribution in [3.05, 3.63) is 81.4 Å². The van der Waals surface area contributed by atoms with E-state index in [1.165, 1.54) is 31.2 Å². The van der Waals surface area contributed by atoms with Crippen LogP contribution in [0.1, 0.15) is 73.8 Å². The molecule has 1 fully saturated rings. The third kappa shape index (κ3) is 5.62. The summed E-state index contributed by atoms with van der Waals surface area (Å²) >= 11 is 0. The molecule has 0 spiro atoms. The molecule has 1 amide bonds. The molecule has 0 saturated heterocycles. The summed E-state index contributed by atoms with van der Waals surface area (Å²) in [5.74, 6) is 0.176. The highest BCUT2D eigenvalue weighted by Crippen LogP contribution is 2.49. The molecular weight excluding hydrogens is 504 g/mol. The lowest BCUT2D eigenvalue weighted by Crippen LogP contribution is -2.19. The van der Waals surface area contributed by atoms with Gasteiger partial charge < -0.3 is 14.8 Å². The fourth-order valence-electron chi connectivity index (χ4n) is 5.33. The average molecular weight is 537 g/mol. The lowest BCUT2D eigenvalue weighted by molar-refractivity contribution is -0.114. The Kier molecular flexibility index (Phi) is 7.29. The maximum absolute atomic E-state index is 13.2. The Balaban J connectivity index is 1.46. The molecule has 200 valence electrons. The first kappa shape index (κ1) is 26.0. The van der Waals surface area contributed by atoms with Gasteiger partial charge in [0.05, 0.1) is 10.5 Å². The van der Waals surface area contributed by atoms with Crippen LogP contribution < -0.4 is 15.7 Å². The molecule has 0 aliphatic heterocycles. The first-order valence-electron chi connectivity index (χ1n) is 13.1. The van der Waals surface area contributed by atoms with E-state index in [1.54, 1.807) is 18.2 Å². The van der Waals surface area contributed by atoms with Gasteiger partial charge in [0.25, 0.3) is 10.0 Å². The third-order valence-corrected chi connectivity index (χ3v) is 8.68. The number of fused-ring (bicyclic) bond motifs is 1. The monoisotopic (exact) mass is 536 g/mol. The normalized spacial score (nSPS) is 16.6. The number of benzene rings is 2. The van der Waals surface area contributed by atoms with E-state index in [0.29, 0.717) is 30.0 Å². The van der Waals surface area contributed by atoms with Crippen molar-refractivity contribution in [2.75, 3.05) is 10.0 Å². The Morgan fingerprint density at radius 2 is 1.71 bits per heavy atom. The summed E-state index contributed by atoms with van der Waals surface area (Å²) in [5, 5.41) is 13.9. The average Bonchev–Trinajstić information content (AvgIpc) is 3.68. The van der Waals surface area contributed by atoms with Crippen molar-refractivity contribution < 1.29 is 22.7 Å². The Morgan fingerprint density at radius 1 is 1.00 bits per heavy atom. The molecule has 2 aliphatic carbocycles. The number of anilines is 2. The van der Waals surface area contributed by atoms with Crippen molar-refractivity contribution in [3.63, 3.8) is 0 Å². The number of hydrogen-bond acceptors (Lipinski definition) is 6. The van der Waals surface area contributed by atoms with Gasteiger partial charge in [-0.3, -0.25) is 9.52 Å². The number of carbonyl (C=O) groups excluding carboxylic acids is 1. The number of nitrogens with one attached hydrogen (secondary N) is 2. The lowest BCUT2D eigenvalue weighted by atomic mass is 9.85. The molecular formula is C29H32N2O6S. The van der Waals surface area contributed by atoms with Gasteiger partial charge in [0.15, 0.2) is 0 Å². The molecule has 1 saturated carbocycles. The summed E-state index contributed by atoms with van der Waals surface area (Å²) in [6.07, 6.45) is 7.18. The van der Waals surface area contributed by atoms with Gasteiger partial charge in [-0.05, 0) is 80.0 Å². The molecule has 2 aliphatic rings. The molecule has 0 bridgehead atoms. The van der Waals surface area contributed by atoms with Crippen molar-refractivity contribution in [1.82, 2.24) is 0 Å². The first-order chi connectivity index (χ1) is 18.2. The van der Waals surface area contributed by atoms with Crippen molar-refractivity contribution in [2.24, 2.45) is 5.92 Å². The van der Waals surface area contributed by atoms with Crippen LogP contribution in [0.2, 0.25) is 0 Å². The van der Waals surface area contributed by atoms with E-state index in [1.807, 2.05) is 6.07 Å². The molecule has 1 heterocycles. The topological polar surface area (TPSA) is 126 Å². The molecule has 3 N–H and O–H groups in total. The molecule has 1 aromatic heterocycles. The van der Waals surface area contributed by atoms with Crippen LogP contribution in [-0.4, -0.2) is 19.4 Å². The van der Waals surface area contributed by atoms with Crippen LogP contribution in [0.5, 0.6) is 5.75 Å². The largest absolute Gasteiger partial charge is 0.507 e. The number of amides is 1. The SMILES string of the molecule is CC(=O)Nc1ccc(S(=O)(=O)Nc2cccc(C(c3c(O)c4c(oc3=O)CCCCCC4)C3CC3)c2)cc1. The van der Waals surface area contributed by atoms with Crippen molar-refractivity contribution >= 4 is 27.3 Å². The maximum Gasteiger partial charge on any atom is 0.343 e. The Labute approximate surface area is 222 Å². The summed E-state index contributed by atoms with van der Waals surface area (Å²) in [7, 11) is -3.90. The minimum atomic E-state index is -3.90. The predicted molar refractivity (Wildman–Crippen MR) is 145 cm³/mol. The van der Waals surface area contributed by atoms with Gasteiger partial charge >= 0.3 is 5.63 Å². The van der Waals surface area contributed by atoms with Crippen LogP contribution in [0.4, 0.5) is 11.4 Å². The molecule has 5 rings (SSSR count). The van der Waals surface area contributed by atoms with Crippen LogP contribution in [-0.2, 0) is 27.7 Å². The van der Waals surface area contributed by atoms with Gasteiger partial charge in [-0.1, -0.05) is 25.0 Å². The first-order valence-corrected chi connectivity index (χ1v) is 14.6. The standard InChI is InChI=1S/C29H32N2O6S/c1-18(32)30-21-13-15-23(16-14-21)38(35,36)31-22-8-6-7-20(17-22)26(19-11-12-19)27-28(33)24-9-4-2-3-5-10-25(24)37-29(27)34/h6-8,13-17,19,26,31,33H,2-5,9-12H2,1H3,(H,30,32). The molecule has 9 heteroatoms. The number of aryl methyl sites for hydroxylation is 1. The summed E-state index contributed by atoms with van der Waals surface area (Å²) in [5.41, 5.74) is 2.12. The lowest BCUT2D eigenvalue weighted by Gasteiger charge is -2.22. The smallest absolute Gasteiger partial charge is 0.343 e. The molecule has 3 aromatic rings. The highest BCUT2D eigenvalue weighted by Gasteiger charge is 2.38. The molecule has 2 aromatic carbocycles. The van der Waals surface area contributed by atoms with Gasteiger partial charge in [-0.2, -0.15) is 0 Å². The van der Waals surface area contributed by atoms with E-state index in [9.17, 15) is 23.1 Å². The van der Waals surface area contributed by atoms with Crippen LogP contribution in [0.25, 0.3) is 0 Å². The number of carbonyl (C=O) groups is 1. The molecule has 1 atom stereocenters. The number of rotatable bonds is 7. The van der Waals surface area contributed by atoms with Crippen molar-refractivity contribution in [2.45, 2.75) is 69.1 Å². The van der Waals surface area contributed by atoms with E-state index in [0.717, 1.165) is 49.7 Å². The molecule has 8 nitrogen and oxygen atoms in total. The zero-order valence-electron chi connectivity index (χ0n) is 21.3. The number of hydrogen-bond donors (Lipinski definition) is 3. The second kappa shape index (κ2) is 10.6. The number of aromatic hydroxyl groups is 1. The Hall–Kier alpha value is -3.59. The van der Waals surface area contributed by atoms with Crippen molar-refractivity contribution in [3.8, 4) is 5.75 Å². The number of sulfonamides is 1. The predicted octanol–water partition coefficient (Wildman–Crippen LogP) is 5.31. The highest BCUT2D eigenvalue weighted by atomic mass is 32.2. The van der Waals surface area contributed by atoms with Gasteiger partial charge in [0.2, 0.25) is 5.91 Å². The van der Waals surface area contributed by atoms with Gasteiger partial charge in [-0.15, -0.1) is 0 Å². The van der Waals surface area contributed by atoms with Crippen LogP contribution in [0.15, 0.2) is 62.6 Å². The fraction of sp³-hybridized carbons (Fsp3) is 0.379. The van der Waals surface area contributed by atoms with Gasteiger partial charge in [0, 0.05) is 36.2 Å². The van der Waals surface area contributed by atoms with Gasteiger partial charge in [-0.25, -0.2) is 13.2 Å². The Bertz CT molecular complexity index is 1510. The second-order valence-corrected chi connectivity index (χ2v) is 11.9. The molecule has 38 heavy (non-hydrogen) atoms. The van der Waals surface area contributed by atoms with Crippen molar-refractivity contribution in [1.29, 1.82) is 0 Å². The van der Waals surface area contributed by atoms with E-state index in [2.05, 4.69) is 10.0 Å². The van der Waals surface area contributed by atoms with E-state index < -0.39 is 15.6 Å².